The zero-order chi connectivity index (χ0) is 15.7. The average molecular weight is 292 g/mol. The summed E-state index contributed by atoms with van der Waals surface area (Å²) in [7, 11) is 0. The van der Waals surface area contributed by atoms with Crippen LogP contribution >= 0.6 is 0 Å². The van der Waals surface area contributed by atoms with Crippen LogP contribution in [0.1, 0.15) is 29.3 Å². The first kappa shape index (κ1) is 14.4. The molecule has 0 amide bonds. The van der Waals surface area contributed by atoms with Gasteiger partial charge in [0.25, 0.3) is 5.56 Å². The Morgan fingerprint density at radius 3 is 2.55 bits per heavy atom. The third-order valence-electron chi connectivity index (χ3n) is 4.29. The van der Waals surface area contributed by atoms with Crippen LogP contribution in [0.4, 0.5) is 5.69 Å². The number of fused-ring (bicyclic) bond motifs is 1. The molecule has 0 aliphatic rings. The van der Waals surface area contributed by atoms with Gasteiger partial charge in [0.1, 0.15) is 5.69 Å². The van der Waals surface area contributed by atoms with Gasteiger partial charge in [0.2, 0.25) is 0 Å². The van der Waals surface area contributed by atoms with Crippen molar-refractivity contribution in [2.45, 2.75) is 26.7 Å². The van der Waals surface area contributed by atoms with Crippen molar-refractivity contribution >= 4 is 16.5 Å². The molecule has 0 unspecified atom stereocenters. The molecule has 3 heteroatoms. The van der Waals surface area contributed by atoms with Crippen molar-refractivity contribution in [3.8, 4) is 0 Å². The van der Waals surface area contributed by atoms with Gasteiger partial charge in [-0.05, 0) is 40.8 Å². The zero-order valence-corrected chi connectivity index (χ0v) is 12.9. The highest BCUT2D eigenvalue weighted by molar-refractivity contribution is 5.86. The van der Waals surface area contributed by atoms with Gasteiger partial charge in [0.05, 0.1) is 0 Å². The van der Waals surface area contributed by atoms with Crippen molar-refractivity contribution in [1.82, 2.24) is 4.98 Å². The third-order valence-corrected chi connectivity index (χ3v) is 4.29. The molecule has 0 bridgehead atoms. The maximum absolute atomic E-state index is 12.0. The van der Waals surface area contributed by atoms with Crippen LogP contribution in [0.25, 0.3) is 10.8 Å². The van der Waals surface area contributed by atoms with Crippen LogP contribution in [-0.4, -0.2) is 4.98 Å². The number of hydrogen-bond acceptors (Lipinski definition) is 2. The van der Waals surface area contributed by atoms with Crippen LogP contribution in [-0.2, 0) is 12.8 Å². The van der Waals surface area contributed by atoms with Gasteiger partial charge >= 0.3 is 0 Å². The molecular formula is C19H20N2O. The van der Waals surface area contributed by atoms with Crippen molar-refractivity contribution in [1.29, 1.82) is 0 Å². The van der Waals surface area contributed by atoms with Gasteiger partial charge in [0, 0.05) is 12.1 Å². The van der Waals surface area contributed by atoms with Gasteiger partial charge in [-0.15, -0.1) is 0 Å². The first-order valence-electron chi connectivity index (χ1n) is 7.58. The highest BCUT2D eigenvalue weighted by Crippen LogP contribution is 2.25. The van der Waals surface area contributed by atoms with E-state index in [-0.39, 0.29) is 5.56 Å². The fraction of sp³-hybridized carbons (Fsp3) is 0.211. The summed E-state index contributed by atoms with van der Waals surface area (Å²) in [5.41, 5.74) is 10.4. The Hall–Kier alpha value is -2.55. The average Bonchev–Trinajstić information content (AvgIpc) is 2.53. The molecule has 0 radical (unpaired) electrons. The number of nitrogens with two attached hydrogens (primary N) is 1. The van der Waals surface area contributed by atoms with E-state index in [2.05, 4.69) is 42.2 Å². The number of aromatic nitrogens is 1. The van der Waals surface area contributed by atoms with Crippen LogP contribution in [0, 0.1) is 6.92 Å². The summed E-state index contributed by atoms with van der Waals surface area (Å²) in [5, 5.41) is 2.42. The Labute approximate surface area is 129 Å². The van der Waals surface area contributed by atoms with E-state index in [1.165, 1.54) is 16.3 Å². The molecular weight excluding hydrogens is 272 g/mol. The van der Waals surface area contributed by atoms with Crippen LogP contribution in [0.15, 0.2) is 47.3 Å². The summed E-state index contributed by atoms with van der Waals surface area (Å²) in [6.45, 7) is 4.03. The van der Waals surface area contributed by atoms with Crippen LogP contribution in [0.2, 0.25) is 0 Å². The number of pyridine rings is 1. The number of hydrogen-bond donors (Lipinski definition) is 2. The van der Waals surface area contributed by atoms with E-state index in [1.54, 1.807) is 0 Å². The van der Waals surface area contributed by atoms with Crippen LogP contribution < -0.4 is 11.3 Å². The van der Waals surface area contributed by atoms with E-state index < -0.39 is 0 Å². The second-order valence-electron chi connectivity index (χ2n) is 5.62. The third kappa shape index (κ3) is 2.39. The topological polar surface area (TPSA) is 58.9 Å². The lowest BCUT2D eigenvalue weighted by molar-refractivity contribution is 0.982. The van der Waals surface area contributed by atoms with E-state index in [0.717, 1.165) is 23.2 Å². The summed E-state index contributed by atoms with van der Waals surface area (Å²) >= 11 is 0. The second-order valence-corrected chi connectivity index (χ2v) is 5.62. The Kier molecular flexibility index (Phi) is 3.72. The smallest absolute Gasteiger partial charge is 0.271 e. The Morgan fingerprint density at radius 1 is 1.05 bits per heavy atom. The highest BCUT2D eigenvalue weighted by Gasteiger charge is 2.13. The number of nitrogens with one attached hydrogen (secondary N) is 1. The molecule has 3 aromatic rings. The van der Waals surface area contributed by atoms with Crippen molar-refractivity contribution < 1.29 is 0 Å². The minimum absolute atomic E-state index is 0.190. The predicted octanol–water partition coefficient (Wildman–Crippen LogP) is 3.57. The number of aryl methyl sites for hydroxylation is 1. The molecule has 3 nitrogen and oxygen atoms in total. The number of nitrogen functional groups attached to an aromatic ring is 1. The predicted molar refractivity (Wildman–Crippen MR) is 92.3 cm³/mol. The van der Waals surface area contributed by atoms with Gasteiger partial charge in [-0.25, -0.2) is 0 Å². The monoisotopic (exact) mass is 292 g/mol. The SMILES string of the molecule is CCc1c(C)[nH]c(=O)c(N)c1Cc1cccc2ccccc12. The molecule has 1 heterocycles. The highest BCUT2D eigenvalue weighted by atomic mass is 16.1. The summed E-state index contributed by atoms with van der Waals surface area (Å²) in [6, 6.07) is 14.6. The Balaban J connectivity index is 2.19. The van der Waals surface area contributed by atoms with Gasteiger partial charge in [0.15, 0.2) is 0 Å². The van der Waals surface area contributed by atoms with E-state index in [1.807, 2.05) is 19.1 Å². The standard InChI is InChI=1S/C19H20N2O/c1-3-15-12(2)21-19(22)18(20)17(15)11-14-9-6-8-13-7-4-5-10-16(13)14/h4-10H,3,11,20H2,1-2H3,(H,21,22). The molecule has 3 rings (SSSR count). The summed E-state index contributed by atoms with van der Waals surface area (Å²) in [6.07, 6.45) is 1.54. The van der Waals surface area contributed by atoms with Gasteiger partial charge < -0.3 is 10.7 Å². The van der Waals surface area contributed by atoms with Gasteiger partial charge in [-0.1, -0.05) is 49.4 Å². The summed E-state index contributed by atoms with van der Waals surface area (Å²) in [5.74, 6) is 0. The van der Waals surface area contributed by atoms with Crippen molar-refractivity contribution in [3.63, 3.8) is 0 Å². The molecule has 0 saturated heterocycles. The number of benzene rings is 2. The number of rotatable bonds is 3. The number of aromatic amines is 1. The molecule has 112 valence electrons. The molecule has 0 fully saturated rings. The first-order chi connectivity index (χ1) is 10.6. The quantitative estimate of drug-likeness (QED) is 0.775. The van der Waals surface area contributed by atoms with Crippen LogP contribution in [0.5, 0.6) is 0 Å². The second kappa shape index (κ2) is 5.68. The largest absolute Gasteiger partial charge is 0.394 e. The van der Waals surface area contributed by atoms with Crippen molar-refractivity contribution in [3.05, 3.63) is 75.2 Å². The van der Waals surface area contributed by atoms with Crippen molar-refractivity contribution in [2.24, 2.45) is 0 Å². The molecule has 3 N–H and O–H groups in total. The lowest BCUT2D eigenvalue weighted by atomic mass is 9.93. The molecule has 0 saturated carbocycles. The molecule has 0 atom stereocenters. The van der Waals surface area contributed by atoms with E-state index in [0.29, 0.717) is 12.1 Å². The fourth-order valence-corrected chi connectivity index (χ4v) is 3.16. The maximum Gasteiger partial charge on any atom is 0.271 e. The maximum atomic E-state index is 12.0. The Bertz CT molecular complexity index is 888. The van der Waals surface area contributed by atoms with Crippen molar-refractivity contribution in [2.75, 3.05) is 5.73 Å². The van der Waals surface area contributed by atoms with Gasteiger partial charge in [-0.3, -0.25) is 4.79 Å². The summed E-state index contributed by atoms with van der Waals surface area (Å²) in [4.78, 5) is 14.8. The number of anilines is 1. The Morgan fingerprint density at radius 2 is 1.77 bits per heavy atom. The van der Waals surface area contributed by atoms with Crippen LogP contribution in [0.3, 0.4) is 0 Å². The normalized spacial score (nSPS) is 11.0. The van der Waals surface area contributed by atoms with Gasteiger partial charge in [-0.2, -0.15) is 0 Å². The summed E-state index contributed by atoms with van der Waals surface area (Å²) < 4.78 is 0. The molecule has 22 heavy (non-hydrogen) atoms. The van der Waals surface area contributed by atoms with E-state index in [9.17, 15) is 4.79 Å². The fourth-order valence-electron chi connectivity index (χ4n) is 3.16. The molecule has 1 aromatic heterocycles. The first-order valence-corrected chi connectivity index (χ1v) is 7.58. The van der Waals surface area contributed by atoms with E-state index >= 15 is 0 Å². The molecule has 2 aromatic carbocycles. The molecule has 0 aliphatic carbocycles. The lowest BCUT2D eigenvalue weighted by Crippen LogP contribution is -2.19. The number of H-pyrrole nitrogens is 1. The molecule has 0 aliphatic heterocycles. The van der Waals surface area contributed by atoms with E-state index in [4.69, 9.17) is 5.73 Å². The zero-order valence-electron chi connectivity index (χ0n) is 12.9. The molecule has 0 spiro atoms. The lowest BCUT2D eigenvalue weighted by Gasteiger charge is -2.14. The minimum Gasteiger partial charge on any atom is -0.394 e. The minimum atomic E-state index is -0.190.